The largest absolute Gasteiger partial charge is 0.351 e. The molecule has 0 radical (unpaired) electrons. The Morgan fingerprint density at radius 2 is 2.31 bits per heavy atom. The molecule has 0 aliphatic heterocycles. The second kappa shape index (κ2) is 4.95. The Labute approximate surface area is 102 Å². The molecule has 0 saturated heterocycles. The lowest BCUT2D eigenvalue weighted by Gasteiger charge is -2.09. The topological polar surface area (TPSA) is 29.1 Å². The van der Waals surface area contributed by atoms with E-state index in [9.17, 15) is 9.18 Å². The second-order valence-corrected chi connectivity index (χ2v) is 5.25. The summed E-state index contributed by atoms with van der Waals surface area (Å²) < 4.78 is 12.9. The first-order valence-electron chi connectivity index (χ1n) is 5.34. The first-order chi connectivity index (χ1) is 7.66. The summed E-state index contributed by atoms with van der Waals surface area (Å²) in [5.74, 6) is 0.0858. The van der Waals surface area contributed by atoms with Gasteiger partial charge in [-0.2, -0.15) is 0 Å². The van der Waals surface area contributed by atoms with Crippen molar-refractivity contribution in [2.45, 2.75) is 17.7 Å². The van der Waals surface area contributed by atoms with E-state index in [1.54, 1.807) is 6.07 Å². The zero-order chi connectivity index (χ0) is 11.5. The van der Waals surface area contributed by atoms with Gasteiger partial charge in [-0.05, 0) is 37.0 Å². The number of benzene rings is 1. The Morgan fingerprint density at radius 1 is 1.56 bits per heavy atom. The second-order valence-electron chi connectivity index (χ2n) is 4.07. The van der Waals surface area contributed by atoms with Crippen LogP contribution < -0.4 is 5.32 Å². The minimum Gasteiger partial charge on any atom is -0.351 e. The van der Waals surface area contributed by atoms with Crippen molar-refractivity contribution < 1.29 is 9.18 Å². The lowest BCUT2D eigenvalue weighted by Crippen LogP contribution is -2.30. The van der Waals surface area contributed by atoms with Gasteiger partial charge in [0, 0.05) is 16.9 Å². The third-order valence-corrected chi connectivity index (χ3v) is 3.75. The molecule has 1 aliphatic carbocycles. The highest BCUT2D eigenvalue weighted by atomic mass is 79.9. The van der Waals surface area contributed by atoms with Crippen molar-refractivity contribution in [1.82, 2.24) is 5.32 Å². The van der Waals surface area contributed by atoms with Gasteiger partial charge in [0.2, 0.25) is 0 Å². The molecular formula is C12H13BrFNO. The lowest BCUT2D eigenvalue weighted by molar-refractivity contribution is 0.0953. The molecule has 0 heterocycles. The zero-order valence-corrected chi connectivity index (χ0v) is 10.3. The van der Waals surface area contributed by atoms with Gasteiger partial charge in [0.15, 0.2) is 0 Å². The van der Waals surface area contributed by atoms with E-state index < -0.39 is 0 Å². The highest BCUT2D eigenvalue weighted by molar-refractivity contribution is 9.09. The van der Waals surface area contributed by atoms with Crippen molar-refractivity contribution in [3.05, 3.63) is 35.6 Å². The number of carbonyl (C=O) groups is 1. The Hall–Kier alpha value is -0.900. The molecule has 1 aliphatic rings. The number of nitrogens with one attached hydrogen (secondary N) is 1. The summed E-state index contributed by atoms with van der Waals surface area (Å²) >= 11 is 3.53. The average molecular weight is 286 g/mol. The Balaban J connectivity index is 1.87. The van der Waals surface area contributed by atoms with Gasteiger partial charge in [0.1, 0.15) is 5.82 Å². The highest BCUT2D eigenvalue weighted by Gasteiger charge is 2.29. The molecule has 1 N–H and O–H groups in total. The van der Waals surface area contributed by atoms with Crippen molar-refractivity contribution in [3.63, 3.8) is 0 Å². The third kappa shape index (κ3) is 3.04. The maximum atomic E-state index is 12.9. The van der Waals surface area contributed by atoms with Gasteiger partial charge in [0.25, 0.3) is 5.91 Å². The third-order valence-electron chi connectivity index (χ3n) is 2.68. The molecule has 2 rings (SSSR count). The van der Waals surface area contributed by atoms with Crippen molar-refractivity contribution >= 4 is 21.8 Å². The van der Waals surface area contributed by atoms with Gasteiger partial charge in [0.05, 0.1) is 0 Å². The Kier molecular flexibility index (Phi) is 3.59. The van der Waals surface area contributed by atoms with E-state index in [0.717, 1.165) is 0 Å². The maximum absolute atomic E-state index is 12.9. The SMILES string of the molecule is O=C(NCC(Br)C1CC1)c1cccc(F)c1. The van der Waals surface area contributed by atoms with Crippen LogP contribution in [0.5, 0.6) is 0 Å². The zero-order valence-electron chi connectivity index (χ0n) is 8.75. The fraction of sp³-hybridized carbons (Fsp3) is 0.417. The molecule has 1 amide bonds. The molecule has 0 aromatic heterocycles. The van der Waals surface area contributed by atoms with Crippen LogP contribution in [0, 0.1) is 11.7 Å². The summed E-state index contributed by atoms with van der Waals surface area (Å²) in [4.78, 5) is 12.0. The smallest absolute Gasteiger partial charge is 0.251 e. The quantitative estimate of drug-likeness (QED) is 0.847. The molecule has 4 heteroatoms. The van der Waals surface area contributed by atoms with Crippen LogP contribution in [0.2, 0.25) is 0 Å². The molecule has 2 nitrogen and oxygen atoms in total. The van der Waals surface area contributed by atoms with Gasteiger partial charge >= 0.3 is 0 Å². The molecule has 1 saturated carbocycles. The van der Waals surface area contributed by atoms with E-state index in [0.29, 0.717) is 22.9 Å². The van der Waals surface area contributed by atoms with Crippen LogP contribution in [0.3, 0.4) is 0 Å². The summed E-state index contributed by atoms with van der Waals surface area (Å²) in [6.07, 6.45) is 2.46. The monoisotopic (exact) mass is 285 g/mol. The van der Waals surface area contributed by atoms with Gasteiger partial charge in [-0.25, -0.2) is 4.39 Å². The average Bonchev–Trinajstić information content (AvgIpc) is 3.09. The fourth-order valence-corrected chi connectivity index (χ4v) is 2.24. The first-order valence-corrected chi connectivity index (χ1v) is 6.26. The highest BCUT2D eigenvalue weighted by Crippen LogP contribution is 2.36. The molecule has 16 heavy (non-hydrogen) atoms. The van der Waals surface area contributed by atoms with E-state index in [-0.39, 0.29) is 11.7 Å². The Morgan fingerprint density at radius 3 is 2.94 bits per heavy atom. The van der Waals surface area contributed by atoms with Gasteiger partial charge in [-0.3, -0.25) is 4.79 Å². The van der Waals surface area contributed by atoms with E-state index in [1.807, 2.05) is 0 Å². The molecule has 1 unspecified atom stereocenters. The number of halogens is 2. The van der Waals surface area contributed by atoms with Crippen LogP contribution in [-0.2, 0) is 0 Å². The molecule has 1 aromatic rings. The van der Waals surface area contributed by atoms with Crippen molar-refractivity contribution in [2.24, 2.45) is 5.92 Å². The molecule has 1 fully saturated rings. The summed E-state index contributed by atoms with van der Waals surface area (Å²) in [6, 6.07) is 5.72. The van der Waals surface area contributed by atoms with Crippen LogP contribution >= 0.6 is 15.9 Å². The molecule has 86 valence electrons. The van der Waals surface area contributed by atoms with Gasteiger partial charge in [-0.15, -0.1) is 0 Å². The summed E-state index contributed by atoms with van der Waals surface area (Å²) in [5, 5.41) is 2.79. The molecule has 1 atom stereocenters. The Bertz CT molecular complexity index is 392. The molecule has 0 bridgehead atoms. The number of carbonyl (C=O) groups excluding carboxylic acids is 1. The van der Waals surface area contributed by atoms with Crippen molar-refractivity contribution in [1.29, 1.82) is 0 Å². The van der Waals surface area contributed by atoms with E-state index in [1.165, 1.54) is 31.0 Å². The fourth-order valence-electron chi connectivity index (χ4n) is 1.55. The van der Waals surface area contributed by atoms with Crippen LogP contribution in [0.25, 0.3) is 0 Å². The van der Waals surface area contributed by atoms with Crippen LogP contribution in [0.15, 0.2) is 24.3 Å². The van der Waals surface area contributed by atoms with E-state index >= 15 is 0 Å². The number of hydrogen-bond acceptors (Lipinski definition) is 1. The summed E-state index contributed by atoms with van der Waals surface area (Å²) in [7, 11) is 0. The van der Waals surface area contributed by atoms with Crippen molar-refractivity contribution in [3.8, 4) is 0 Å². The lowest BCUT2D eigenvalue weighted by atomic mass is 10.2. The molecule has 0 spiro atoms. The normalized spacial score (nSPS) is 16.9. The number of alkyl halides is 1. The van der Waals surface area contributed by atoms with E-state index in [2.05, 4.69) is 21.2 Å². The van der Waals surface area contributed by atoms with E-state index in [4.69, 9.17) is 0 Å². The van der Waals surface area contributed by atoms with Crippen LogP contribution in [0.1, 0.15) is 23.2 Å². The minimum atomic E-state index is -0.384. The summed E-state index contributed by atoms with van der Waals surface area (Å²) in [6.45, 7) is 0.597. The number of amides is 1. The molecule has 1 aromatic carbocycles. The predicted molar refractivity (Wildman–Crippen MR) is 64.2 cm³/mol. The minimum absolute atomic E-state index is 0.218. The van der Waals surface area contributed by atoms with Gasteiger partial charge in [-0.1, -0.05) is 22.0 Å². The standard InChI is InChI=1S/C12H13BrFNO/c13-11(8-4-5-8)7-15-12(16)9-2-1-3-10(14)6-9/h1-3,6,8,11H,4-5,7H2,(H,15,16). The number of hydrogen-bond donors (Lipinski definition) is 1. The van der Waals surface area contributed by atoms with Crippen LogP contribution in [0.4, 0.5) is 4.39 Å². The van der Waals surface area contributed by atoms with Crippen LogP contribution in [-0.4, -0.2) is 17.3 Å². The maximum Gasteiger partial charge on any atom is 0.251 e. The summed E-state index contributed by atoms with van der Waals surface area (Å²) in [5.41, 5.74) is 0.371. The predicted octanol–water partition coefficient (Wildman–Crippen LogP) is 2.73. The van der Waals surface area contributed by atoms with Gasteiger partial charge < -0.3 is 5.32 Å². The first kappa shape index (κ1) is 11.6. The molecular weight excluding hydrogens is 273 g/mol. The van der Waals surface area contributed by atoms with Crippen molar-refractivity contribution in [2.75, 3.05) is 6.54 Å². The number of rotatable bonds is 4.